The maximum atomic E-state index is 13.1. The standard InChI is InChI=1S/C22H23BrN2O3/c1-15-19-14-16(23)4-9-20(19)28-21(15)22(26)25-11-3-10-24(12-13-25)17-5-7-18(27-2)8-6-17/h4-9,14H,3,10-13H2,1-2H3. The van der Waals surface area contributed by atoms with Crippen LogP contribution < -0.4 is 9.64 Å². The van der Waals surface area contributed by atoms with Gasteiger partial charge in [-0.05, 0) is 55.8 Å². The third-order valence-corrected chi connectivity index (χ3v) is 5.81. The summed E-state index contributed by atoms with van der Waals surface area (Å²) in [6, 6.07) is 13.9. The van der Waals surface area contributed by atoms with Crippen LogP contribution in [-0.2, 0) is 0 Å². The normalized spacial score (nSPS) is 15.0. The third kappa shape index (κ3) is 3.61. The van der Waals surface area contributed by atoms with Crippen LogP contribution in [0.1, 0.15) is 22.5 Å². The maximum Gasteiger partial charge on any atom is 0.289 e. The third-order valence-electron chi connectivity index (χ3n) is 5.31. The minimum atomic E-state index is -0.0265. The van der Waals surface area contributed by atoms with Crippen molar-refractivity contribution in [3.8, 4) is 5.75 Å². The lowest BCUT2D eigenvalue weighted by atomic mass is 10.1. The topological polar surface area (TPSA) is 45.9 Å². The predicted octanol–water partition coefficient (Wildman–Crippen LogP) is 4.86. The van der Waals surface area contributed by atoms with E-state index in [0.717, 1.165) is 58.5 Å². The van der Waals surface area contributed by atoms with E-state index in [0.29, 0.717) is 12.3 Å². The number of methoxy groups -OCH3 is 1. The summed E-state index contributed by atoms with van der Waals surface area (Å²) < 4.78 is 12.1. The van der Waals surface area contributed by atoms with E-state index in [9.17, 15) is 4.79 Å². The second-order valence-corrected chi connectivity index (χ2v) is 7.94. The molecule has 0 unspecified atom stereocenters. The molecule has 6 heteroatoms. The molecule has 28 heavy (non-hydrogen) atoms. The highest BCUT2D eigenvalue weighted by molar-refractivity contribution is 9.10. The fraction of sp³-hybridized carbons (Fsp3) is 0.318. The van der Waals surface area contributed by atoms with Crippen LogP contribution >= 0.6 is 15.9 Å². The Bertz CT molecular complexity index is 997. The molecule has 1 saturated heterocycles. The van der Waals surface area contributed by atoms with Crippen LogP contribution in [0, 0.1) is 6.92 Å². The van der Waals surface area contributed by atoms with Crippen LogP contribution in [0.15, 0.2) is 51.4 Å². The van der Waals surface area contributed by atoms with Crippen molar-refractivity contribution in [2.45, 2.75) is 13.3 Å². The molecule has 1 aromatic heterocycles. The molecule has 0 atom stereocenters. The molecule has 0 bridgehead atoms. The molecule has 4 rings (SSSR count). The maximum absolute atomic E-state index is 13.1. The first-order chi connectivity index (χ1) is 13.6. The molecule has 1 aliphatic heterocycles. The Morgan fingerprint density at radius 3 is 2.61 bits per heavy atom. The summed E-state index contributed by atoms with van der Waals surface area (Å²) in [4.78, 5) is 17.4. The molecule has 146 valence electrons. The van der Waals surface area contributed by atoms with Crippen LogP contribution in [0.5, 0.6) is 5.75 Å². The molecular weight excluding hydrogens is 420 g/mol. The second-order valence-electron chi connectivity index (χ2n) is 7.03. The van der Waals surface area contributed by atoms with E-state index in [-0.39, 0.29) is 5.91 Å². The van der Waals surface area contributed by atoms with Gasteiger partial charge in [0.2, 0.25) is 0 Å². The van der Waals surface area contributed by atoms with Gasteiger partial charge in [0.1, 0.15) is 11.3 Å². The van der Waals surface area contributed by atoms with Gasteiger partial charge in [0.05, 0.1) is 7.11 Å². The number of anilines is 1. The van der Waals surface area contributed by atoms with E-state index in [1.807, 2.05) is 42.2 Å². The fourth-order valence-corrected chi connectivity index (χ4v) is 4.07. The lowest BCUT2D eigenvalue weighted by Crippen LogP contribution is -2.35. The lowest BCUT2D eigenvalue weighted by molar-refractivity contribution is 0.0736. The molecular formula is C22H23BrN2O3. The largest absolute Gasteiger partial charge is 0.497 e. The Morgan fingerprint density at radius 1 is 1.07 bits per heavy atom. The first-order valence-corrected chi connectivity index (χ1v) is 10.2. The van der Waals surface area contributed by atoms with Crippen LogP contribution in [0.25, 0.3) is 11.0 Å². The summed E-state index contributed by atoms with van der Waals surface area (Å²) in [5.41, 5.74) is 2.80. The number of fused-ring (bicyclic) bond motifs is 1. The quantitative estimate of drug-likeness (QED) is 0.580. The monoisotopic (exact) mass is 442 g/mol. The highest BCUT2D eigenvalue weighted by Gasteiger charge is 2.25. The summed E-state index contributed by atoms with van der Waals surface area (Å²) in [7, 11) is 1.67. The molecule has 0 spiro atoms. The van der Waals surface area contributed by atoms with Crippen molar-refractivity contribution in [3.63, 3.8) is 0 Å². The summed E-state index contributed by atoms with van der Waals surface area (Å²) in [6.45, 7) is 5.06. The molecule has 2 heterocycles. The first-order valence-electron chi connectivity index (χ1n) is 9.44. The van der Waals surface area contributed by atoms with Gasteiger partial charge in [0.25, 0.3) is 5.91 Å². The Balaban J connectivity index is 1.51. The first kappa shape index (κ1) is 18.9. The molecule has 0 aliphatic carbocycles. The Labute approximate surface area is 173 Å². The van der Waals surface area contributed by atoms with Gasteiger partial charge in [0, 0.05) is 47.3 Å². The van der Waals surface area contributed by atoms with Crippen molar-refractivity contribution in [1.82, 2.24) is 4.90 Å². The van der Waals surface area contributed by atoms with Crippen LogP contribution in [0.2, 0.25) is 0 Å². The molecule has 0 saturated carbocycles. The van der Waals surface area contributed by atoms with E-state index in [4.69, 9.17) is 9.15 Å². The average molecular weight is 443 g/mol. The number of carbonyl (C=O) groups excluding carboxylic acids is 1. The van der Waals surface area contributed by atoms with Gasteiger partial charge in [-0.1, -0.05) is 15.9 Å². The van der Waals surface area contributed by atoms with E-state index in [1.165, 1.54) is 0 Å². The van der Waals surface area contributed by atoms with E-state index < -0.39 is 0 Å². The SMILES string of the molecule is COc1ccc(N2CCCN(C(=O)c3oc4ccc(Br)cc4c3C)CC2)cc1. The summed E-state index contributed by atoms with van der Waals surface area (Å²) >= 11 is 3.49. The highest BCUT2D eigenvalue weighted by Crippen LogP contribution is 2.29. The lowest BCUT2D eigenvalue weighted by Gasteiger charge is -2.23. The summed E-state index contributed by atoms with van der Waals surface area (Å²) in [6.07, 6.45) is 0.919. The Kier molecular flexibility index (Phi) is 5.31. The number of hydrogen-bond donors (Lipinski definition) is 0. The number of furan rings is 1. The molecule has 5 nitrogen and oxygen atoms in total. The van der Waals surface area contributed by atoms with Gasteiger partial charge >= 0.3 is 0 Å². The Morgan fingerprint density at radius 2 is 1.86 bits per heavy atom. The predicted molar refractivity (Wildman–Crippen MR) is 114 cm³/mol. The second kappa shape index (κ2) is 7.87. The minimum Gasteiger partial charge on any atom is -0.497 e. The summed E-state index contributed by atoms with van der Waals surface area (Å²) in [5, 5.41) is 0.979. The van der Waals surface area contributed by atoms with Crippen molar-refractivity contribution >= 4 is 38.5 Å². The smallest absolute Gasteiger partial charge is 0.289 e. The number of carbonyl (C=O) groups is 1. The number of benzene rings is 2. The van der Waals surface area contributed by atoms with Crippen molar-refractivity contribution in [3.05, 3.63) is 58.3 Å². The van der Waals surface area contributed by atoms with Crippen molar-refractivity contribution < 1.29 is 13.9 Å². The fourth-order valence-electron chi connectivity index (χ4n) is 3.71. The van der Waals surface area contributed by atoms with E-state index in [2.05, 4.69) is 33.0 Å². The van der Waals surface area contributed by atoms with Crippen molar-refractivity contribution in [1.29, 1.82) is 0 Å². The number of rotatable bonds is 3. The van der Waals surface area contributed by atoms with Gasteiger partial charge in [-0.25, -0.2) is 0 Å². The molecule has 0 radical (unpaired) electrons. The van der Waals surface area contributed by atoms with Gasteiger partial charge in [0.15, 0.2) is 5.76 Å². The number of nitrogens with zero attached hydrogens (tertiary/aromatic N) is 2. The minimum absolute atomic E-state index is 0.0265. The van der Waals surface area contributed by atoms with Crippen LogP contribution in [-0.4, -0.2) is 44.1 Å². The number of aryl methyl sites for hydroxylation is 1. The molecule has 0 N–H and O–H groups in total. The highest BCUT2D eigenvalue weighted by atomic mass is 79.9. The number of ether oxygens (including phenoxy) is 1. The molecule has 1 fully saturated rings. The number of amides is 1. The molecule has 1 amide bonds. The summed E-state index contributed by atoms with van der Waals surface area (Å²) in [5.74, 6) is 1.27. The number of hydrogen-bond acceptors (Lipinski definition) is 4. The van der Waals surface area contributed by atoms with Crippen molar-refractivity contribution in [2.24, 2.45) is 0 Å². The van der Waals surface area contributed by atoms with Crippen molar-refractivity contribution in [2.75, 3.05) is 38.2 Å². The van der Waals surface area contributed by atoms with Crippen LogP contribution in [0.3, 0.4) is 0 Å². The molecule has 1 aliphatic rings. The zero-order valence-electron chi connectivity index (χ0n) is 16.1. The van der Waals surface area contributed by atoms with Gasteiger partial charge in [-0.2, -0.15) is 0 Å². The zero-order valence-corrected chi connectivity index (χ0v) is 17.7. The molecule has 3 aromatic rings. The average Bonchev–Trinajstić information content (AvgIpc) is 2.89. The van der Waals surface area contributed by atoms with Crippen LogP contribution in [0.4, 0.5) is 5.69 Å². The van der Waals surface area contributed by atoms with Gasteiger partial charge < -0.3 is 19.0 Å². The number of halogens is 1. The van der Waals surface area contributed by atoms with Gasteiger partial charge in [-0.15, -0.1) is 0 Å². The van der Waals surface area contributed by atoms with E-state index in [1.54, 1.807) is 7.11 Å². The zero-order chi connectivity index (χ0) is 19.7. The Hall–Kier alpha value is -2.47. The molecule has 2 aromatic carbocycles. The van der Waals surface area contributed by atoms with Gasteiger partial charge in [-0.3, -0.25) is 4.79 Å². The van der Waals surface area contributed by atoms with E-state index >= 15 is 0 Å².